The molecule has 0 aliphatic carbocycles. The van der Waals surface area contributed by atoms with Crippen molar-refractivity contribution in [1.29, 1.82) is 0 Å². The Morgan fingerprint density at radius 3 is 1.14 bits per heavy atom. The van der Waals surface area contributed by atoms with Gasteiger partial charge in [0.15, 0.2) is 6.10 Å². The number of hydrogen-bond acceptors (Lipinski definition) is 6. The van der Waals surface area contributed by atoms with Gasteiger partial charge in [-0.3, -0.25) is 14.4 Å². The number of rotatable bonds is 42. The van der Waals surface area contributed by atoms with Crippen LogP contribution in [0, 0.1) is 0 Å². The van der Waals surface area contributed by atoms with Crippen molar-refractivity contribution in [3.8, 4) is 0 Å². The zero-order valence-corrected chi connectivity index (χ0v) is 40.5. The predicted octanol–water partition coefficient (Wildman–Crippen LogP) is 16.5. The fraction of sp³-hybridized carbons (Fsp3) is 0.534. The molecule has 64 heavy (non-hydrogen) atoms. The van der Waals surface area contributed by atoms with E-state index >= 15 is 0 Å². The lowest BCUT2D eigenvalue weighted by atomic mass is 10.1. The Morgan fingerprint density at radius 1 is 0.328 bits per heavy atom. The topological polar surface area (TPSA) is 78.9 Å². The smallest absolute Gasteiger partial charge is 0.306 e. The summed E-state index contributed by atoms with van der Waals surface area (Å²) in [5, 5.41) is 0. The highest BCUT2D eigenvalue weighted by Crippen LogP contribution is 2.11. The second-order valence-corrected chi connectivity index (χ2v) is 15.6. The molecule has 0 aliphatic heterocycles. The van der Waals surface area contributed by atoms with E-state index in [0.717, 1.165) is 135 Å². The summed E-state index contributed by atoms with van der Waals surface area (Å²) in [5.74, 6) is -1.07. The Labute approximate surface area is 391 Å². The van der Waals surface area contributed by atoms with Gasteiger partial charge in [-0.25, -0.2) is 0 Å². The second kappa shape index (κ2) is 50.9. The average molecular weight is 881 g/mol. The summed E-state index contributed by atoms with van der Waals surface area (Å²) in [7, 11) is 0. The van der Waals surface area contributed by atoms with Crippen molar-refractivity contribution in [2.24, 2.45) is 0 Å². The Hall–Kier alpha value is -4.71. The SMILES string of the molecule is CC\C=C/C=C\C=C/CCCCCCCC(=O)OCC(COC(=O)CC/C=C\C/C=C\C/C=C\C/C=C\C/C=C\C/C=C\CC)OC(=O)CCCCCC/C=C\C/C=C\C/C=C\CC. The van der Waals surface area contributed by atoms with E-state index in [1.54, 1.807) is 0 Å². The molecule has 0 amide bonds. The van der Waals surface area contributed by atoms with Crippen molar-refractivity contribution in [2.45, 2.75) is 187 Å². The van der Waals surface area contributed by atoms with E-state index in [9.17, 15) is 14.4 Å². The van der Waals surface area contributed by atoms with Crippen molar-refractivity contribution in [3.63, 3.8) is 0 Å². The molecule has 0 fully saturated rings. The van der Waals surface area contributed by atoms with Crippen molar-refractivity contribution in [3.05, 3.63) is 146 Å². The molecule has 0 aromatic rings. The number of allylic oxidation sites excluding steroid dienone is 24. The Kier molecular flexibility index (Phi) is 47.2. The van der Waals surface area contributed by atoms with Gasteiger partial charge < -0.3 is 14.2 Å². The van der Waals surface area contributed by atoms with Gasteiger partial charge in [-0.05, 0) is 109 Å². The molecule has 0 N–H and O–H groups in total. The molecule has 0 heterocycles. The first-order valence-electron chi connectivity index (χ1n) is 24.9. The van der Waals surface area contributed by atoms with Crippen LogP contribution in [0.3, 0.4) is 0 Å². The van der Waals surface area contributed by atoms with Gasteiger partial charge in [-0.1, -0.05) is 199 Å². The monoisotopic (exact) mass is 881 g/mol. The van der Waals surface area contributed by atoms with Gasteiger partial charge in [-0.2, -0.15) is 0 Å². The van der Waals surface area contributed by atoms with E-state index in [4.69, 9.17) is 14.2 Å². The minimum absolute atomic E-state index is 0.128. The van der Waals surface area contributed by atoms with Crippen LogP contribution in [0.2, 0.25) is 0 Å². The standard InChI is InChI=1S/C58H88O6/c1-4-7-10-13-16-19-22-25-27-28-29-30-31-34-36-39-42-45-48-51-57(60)63-54-55(53-62-56(59)50-47-44-41-38-35-32-24-21-18-15-12-9-6-3)64-58(61)52-49-46-43-40-37-33-26-23-20-17-14-11-8-5-2/h7-12,15-21,24-27,29-30,33-34,36,42,45,55H,4-6,13-14,22-23,28,31-32,35,37-41,43-44,46-54H2,1-3H3/b10-7-,11-8-,12-9-,18-15-,19-16-,20-17-,24-21-,27-25-,30-29-,33-26-,36-34-,45-42-. The Balaban J connectivity index is 4.59. The van der Waals surface area contributed by atoms with E-state index in [1.807, 2.05) is 18.2 Å². The predicted molar refractivity (Wildman–Crippen MR) is 274 cm³/mol. The summed E-state index contributed by atoms with van der Waals surface area (Å²) < 4.78 is 16.7. The molecule has 356 valence electrons. The van der Waals surface area contributed by atoms with Crippen LogP contribution in [-0.4, -0.2) is 37.2 Å². The molecule has 6 nitrogen and oxygen atoms in total. The number of unbranched alkanes of at least 4 members (excludes halogenated alkanes) is 9. The number of hydrogen-bond donors (Lipinski definition) is 0. The van der Waals surface area contributed by atoms with Gasteiger partial charge in [-0.15, -0.1) is 0 Å². The highest BCUT2D eigenvalue weighted by Gasteiger charge is 2.19. The Morgan fingerprint density at radius 2 is 0.672 bits per heavy atom. The first-order chi connectivity index (χ1) is 31.5. The third kappa shape index (κ3) is 48.3. The minimum Gasteiger partial charge on any atom is -0.462 e. The van der Waals surface area contributed by atoms with Crippen molar-refractivity contribution in [2.75, 3.05) is 13.2 Å². The molecule has 0 bridgehead atoms. The van der Waals surface area contributed by atoms with Gasteiger partial charge >= 0.3 is 17.9 Å². The van der Waals surface area contributed by atoms with Crippen molar-refractivity contribution >= 4 is 17.9 Å². The van der Waals surface area contributed by atoms with Crippen molar-refractivity contribution < 1.29 is 28.6 Å². The van der Waals surface area contributed by atoms with E-state index in [0.29, 0.717) is 12.8 Å². The number of ether oxygens (including phenoxy) is 3. The number of carbonyl (C=O) groups is 3. The van der Waals surface area contributed by atoms with E-state index in [2.05, 4.69) is 148 Å². The van der Waals surface area contributed by atoms with Crippen LogP contribution in [0.4, 0.5) is 0 Å². The molecule has 0 saturated carbocycles. The summed E-state index contributed by atoms with van der Waals surface area (Å²) in [6, 6.07) is 0. The minimum atomic E-state index is -0.835. The molecule has 0 aromatic carbocycles. The quantitative estimate of drug-likeness (QED) is 0.0200. The summed E-state index contributed by atoms with van der Waals surface area (Å²) in [4.78, 5) is 37.9. The summed E-state index contributed by atoms with van der Waals surface area (Å²) in [6.45, 7) is 6.14. The van der Waals surface area contributed by atoms with Crippen LogP contribution in [0.5, 0.6) is 0 Å². The van der Waals surface area contributed by atoms with E-state index in [-0.39, 0.29) is 44.0 Å². The van der Waals surface area contributed by atoms with Crippen LogP contribution in [0.15, 0.2) is 146 Å². The maximum Gasteiger partial charge on any atom is 0.306 e. The summed E-state index contributed by atoms with van der Waals surface area (Å²) in [6.07, 6.45) is 72.7. The van der Waals surface area contributed by atoms with E-state index in [1.165, 1.54) is 0 Å². The molecular formula is C58H88O6. The Bertz CT molecular complexity index is 1480. The lowest BCUT2D eigenvalue weighted by molar-refractivity contribution is -0.166. The molecule has 0 spiro atoms. The summed E-state index contributed by atoms with van der Waals surface area (Å²) in [5.41, 5.74) is 0. The van der Waals surface area contributed by atoms with Crippen LogP contribution >= 0.6 is 0 Å². The molecule has 0 radical (unpaired) electrons. The third-order valence-electron chi connectivity index (χ3n) is 9.64. The zero-order chi connectivity index (χ0) is 46.5. The van der Waals surface area contributed by atoms with Crippen LogP contribution in [0.25, 0.3) is 0 Å². The fourth-order valence-corrected chi connectivity index (χ4v) is 6.01. The van der Waals surface area contributed by atoms with Gasteiger partial charge in [0.25, 0.3) is 0 Å². The van der Waals surface area contributed by atoms with Gasteiger partial charge in [0.05, 0.1) is 0 Å². The van der Waals surface area contributed by atoms with Crippen LogP contribution in [0.1, 0.15) is 181 Å². The lowest BCUT2D eigenvalue weighted by Crippen LogP contribution is -2.30. The lowest BCUT2D eigenvalue weighted by Gasteiger charge is -2.18. The maximum atomic E-state index is 12.8. The molecule has 1 atom stereocenters. The largest absolute Gasteiger partial charge is 0.462 e. The molecule has 1 unspecified atom stereocenters. The van der Waals surface area contributed by atoms with E-state index < -0.39 is 6.10 Å². The fourth-order valence-electron chi connectivity index (χ4n) is 6.01. The number of esters is 3. The molecule has 6 heteroatoms. The first-order valence-corrected chi connectivity index (χ1v) is 24.9. The molecule has 0 aromatic heterocycles. The van der Waals surface area contributed by atoms with Crippen LogP contribution < -0.4 is 0 Å². The molecule has 0 aliphatic rings. The molecule has 0 rings (SSSR count). The number of carbonyl (C=O) groups excluding carboxylic acids is 3. The van der Waals surface area contributed by atoms with Gasteiger partial charge in [0, 0.05) is 19.3 Å². The molecule has 0 saturated heterocycles. The van der Waals surface area contributed by atoms with Crippen molar-refractivity contribution in [1.82, 2.24) is 0 Å². The second-order valence-electron chi connectivity index (χ2n) is 15.6. The first kappa shape index (κ1) is 59.3. The zero-order valence-electron chi connectivity index (χ0n) is 40.5. The highest BCUT2D eigenvalue weighted by molar-refractivity contribution is 5.71. The normalized spacial score (nSPS) is 13.4. The highest BCUT2D eigenvalue weighted by atomic mass is 16.6. The van der Waals surface area contributed by atoms with Crippen LogP contribution in [-0.2, 0) is 28.6 Å². The average Bonchev–Trinajstić information content (AvgIpc) is 3.29. The third-order valence-corrected chi connectivity index (χ3v) is 9.64. The summed E-state index contributed by atoms with van der Waals surface area (Å²) >= 11 is 0. The molecular weight excluding hydrogens is 793 g/mol. The van der Waals surface area contributed by atoms with Gasteiger partial charge in [0.2, 0.25) is 0 Å². The maximum absolute atomic E-state index is 12.8. The van der Waals surface area contributed by atoms with Gasteiger partial charge in [0.1, 0.15) is 13.2 Å².